The Balaban J connectivity index is 2.31. The molecule has 0 fully saturated rings. The van der Waals surface area contributed by atoms with Crippen LogP contribution in [-0.2, 0) is 5.75 Å². The highest BCUT2D eigenvalue weighted by atomic mass is 35.5. The van der Waals surface area contributed by atoms with Crippen molar-refractivity contribution in [1.29, 1.82) is 0 Å². The number of hydrogen-bond acceptors (Lipinski definition) is 3. The van der Waals surface area contributed by atoms with Crippen LogP contribution in [0.4, 0.5) is 0 Å². The van der Waals surface area contributed by atoms with E-state index < -0.39 is 6.10 Å². The molecule has 0 bridgehead atoms. The van der Waals surface area contributed by atoms with Crippen LogP contribution in [-0.4, -0.2) is 28.7 Å². The van der Waals surface area contributed by atoms with Gasteiger partial charge < -0.3 is 10.2 Å². The molecule has 0 saturated carbocycles. The molecule has 0 radical (unpaired) electrons. The summed E-state index contributed by atoms with van der Waals surface area (Å²) in [5, 5.41) is 18.4. The molecule has 1 atom stereocenters. The minimum atomic E-state index is -0.626. The van der Waals surface area contributed by atoms with Gasteiger partial charge in [0.15, 0.2) is 0 Å². The van der Waals surface area contributed by atoms with Gasteiger partial charge in [-0.2, -0.15) is 11.8 Å². The fourth-order valence-electron chi connectivity index (χ4n) is 0.992. The highest BCUT2D eigenvalue weighted by molar-refractivity contribution is 7.98. The Morgan fingerprint density at radius 2 is 2.21 bits per heavy atom. The van der Waals surface area contributed by atoms with Crippen molar-refractivity contribution in [3.63, 3.8) is 0 Å². The van der Waals surface area contributed by atoms with Crippen LogP contribution in [0.25, 0.3) is 0 Å². The molecule has 0 aromatic heterocycles. The van der Waals surface area contributed by atoms with E-state index in [1.807, 2.05) is 24.3 Å². The standard InChI is InChI=1S/C10H13ClO2S/c11-9-3-1-2-8(4-9)6-14-7-10(13)5-12/h1-4,10,12-13H,5-7H2. The van der Waals surface area contributed by atoms with Crippen molar-refractivity contribution in [2.75, 3.05) is 12.4 Å². The van der Waals surface area contributed by atoms with Crippen molar-refractivity contribution in [1.82, 2.24) is 0 Å². The first-order chi connectivity index (χ1) is 6.72. The molecule has 1 unspecified atom stereocenters. The fourth-order valence-corrected chi connectivity index (χ4v) is 2.12. The number of aliphatic hydroxyl groups is 2. The van der Waals surface area contributed by atoms with Gasteiger partial charge in [0.1, 0.15) is 0 Å². The summed E-state index contributed by atoms with van der Waals surface area (Å²) in [6, 6.07) is 7.63. The third kappa shape index (κ3) is 4.33. The zero-order chi connectivity index (χ0) is 10.4. The molecule has 1 rings (SSSR count). The number of thioether (sulfide) groups is 1. The van der Waals surface area contributed by atoms with Gasteiger partial charge in [0.25, 0.3) is 0 Å². The van der Waals surface area contributed by atoms with Gasteiger partial charge in [0.2, 0.25) is 0 Å². The second-order valence-electron chi connectivity index (χ2n) is 2.98. The average molecular weight is 233 g/mol. The first kappa shape index (κ1) is 11.9. The van der Waals surface area contributed by atoms with Gasteiger partial charge in [-0.05, 0) is 17.7 Å². The van der Waals surface area contributed by atoms with E-state index in [9.17, 15) is 0 Å². The lowest BCUT2D eigenvalue weighted by molar-refractivity contribution is 0.113. The molecular weight excluding hydrogens is 220 g/mol. The molecule has 1 aromatic carbocycles. The Labute approximate surface area is 92.9 Å². The Morgan fingerprint density at radius 3 is 2.86 bits per heavy atom. The molecule has 0 spiro atoms. The molecule has 78 valence electrons. The molecule has 2 N–H and O–H groups in total. The van der Waals surface area contributed by atoms with E-state index in [2.05, 4.69) is 0 Å². The first-order valence-electron chi connectivity index (χ1n) is 4.33. The number of halogens is 1. The van der Waals surface area contributed by atoms with Crippen LogP contribution in [0.1, 0.15) is 5.56 Å². The van der Waals surface area contributed by atoms with Gasteiger partial charge in [-0.15, -0.1) is 0 Å². The van der Waals surface area contributed by atoms with Crippen molar-refractivity contribution >= 4 is 23.4 Å². The Kier molecular flexibility index (Phi) is 5.33. The van der Waals surface area contributed by atoms with Gasteiger partial charge in [0, 0.05) is 16.5 Å². The topological polar surface area (TPSA) is 40.5 Å². The molecule has 1 aromatic rings. The van der Waals surface area contributed by atoms with Crippen LogP contribution in [0.5, 0.6) is 0 Å². The quantitative estimate of drug-likeness (QED) is 0.815. The summed E-state index contributed by atoms with van der Waals surface area (Å²) in [7, 11) is 0. The van der Waals surface area contributed by atoms with Gasteiger partial charge >= 0.3 is 0 Å². The smallest absolute Gasteiger partial charge is 0.0861 e. The van der Waals surface area contributed by atoms with E-state index in [-0.39, 0.29) is 6.61 Å². The van der Waals surface area contributed by atoms with Crippen LogP contribution >= 0.6 is 23.4 Å². The Hall–Kier alpha value is -0.220. The molecule has 14 heavy (non-hydrogen) atoms. The van der Waals surface area contributed by atoms with Crippen LogP contribution in [0, 0.1) is 0 Å². The zero-order valence-electron chi connectivity index (χ0n) is 7.69. The van der Waals surface area contributed by atoms with E-state index >= 15 is 0 Å². The maximum absolute atomic E-state index is 9.09. The van der Waals surface area contributed by atoms with E-state index in [1.54, 1.807) is 11.8 Å². The molecule has 0 saturated heterocycles. The van der Waals surface area contributed by atoms with Gasteiger partial charge in [-0.3, -0.25) is 0 Å². The van der Waals surface area contributed by atoms with E-state index in [1.165, 1.54) is 0 Å². The lowest BCUT2D eigenvalue weighted by atomic mass is 10.2. The summed E-state index contributed by atoms with van der Waals surface area (Å²) in [6.45, 7) is -0.178. The third-order valence-corrected chi connectivity index (χ3v) is 3.07. The summed E-state index contributed by atoms with van der Waals surface area (Å²) in [5.74, 6) is 1.35. The normalized spacial score (nSPS) is 12.8. The first-order valence-corrected chi connectivity index (χ1v) is 5.86. The summed E-state index contributed by atoms with van der Waals surface area (Å²) < 4.78 is 0. The summed E-state index contributed by atoms with van der Waals surface area (Å²) in [5.41, 5.74) is 1.13. The van der Waals surface area contributed by atoms with E-state index in [0.717, 1.165) is 16.3 Å². The van der Waals surface area contributed by atoms with Crippen molar-refractivity contribution in [2.24, 2.45) is 0 Å². The highest BCUT2D eigenvalue weighted by Crippen LogP contribution is 2.16. The maximum Gasteiger partial charge on any atom is 0.0861 e. The highest BCUT2D eigenvalue weighted by Gasteiger charge is 2.02. The average Bonchev–Trinajstić information content (AvgIpc) is 2.17. The molecule has 0 aliphatic rings. The summed E-state index contributed by atoms with van der Waals surface area (Å²) in [6.07, 6.45) is -0.626. The van der Waals surface area contributed by atoms with Gasteiger partial charge in [-0.1, -0.05) is 23.7 Å². The molecule has 0 aliphatic heterocycles. The Bertz CT molecular complexity index is 281. The second-order valence-corrected chi connectivity index (χ2v) is 4.45. The van der Waals surface area contributed by atoms with Crippen molar-refractivity contribution in [3.8, 4) is 0 Å². The van der Waals surface area contributed by atoms with Crippen molar-refractivity contribution in [2.45, 2.75) is 11.9 Å². The van der Waals surface area contributed by atoms with E-state index in [0.29, 0.717) is 5.75 Å². The molecule has 0 amide bonds. The second kappa shape index (κ2) is 6.30. The third-order valence-electron chi connectivity index (χ3n) is 1.68. The molecule has 4 heteroatoms. The lowest BCUT2D eigenvalue weighted by Gasteiger charge is -2.06. The molecular formula is C10H13ClO2S. The predicted octanol–water partition coefficient (Wildman–Crippen LogP) is 1.93. The maximum atomic E-state index is 9.09. The fraction of sp³-hybridized carbons (Fsp3) is 0.400. The van der Waals surface area contributed by atoms with Gasteiger partial charge in [-0.25, -0.2) is 0 Å². The number of hydrogen-bond donors (Lipinski definition) is 2. The largest absolute Gasteiger partial charge is 0.394 e. The molecule has 0 aliphatic carbocycles. The number of benzene rings is 1. The summed E-state index contributed by atoms with van der Waals surface area (Å²) in [4.78, 5) is 0. The van der Waals surface area contributed by atoms with Gasteiger partial charge in [0.05, 0.1) is 12.7 Å². The minimum absolute atomic E-state index is 0.178. The Morgan fingerprint density at radius 1 is 1.43 bits per heavy atom. The SMILES string of the molecule is OCC(O)CSCc1cccc(Cl)c1. The van der Waals surface area contributed by atoms with Crippen LogP contribution in [0.3, 0.4) is 0 Å². The lowest BCUT2D eigenvalue weighted by Crippen LogP contribution is -2.14. The van der Waals surface area contributed by atoms with Crippen molar-refractivity contribution < 1.29 is 10.2 Å². The molecule has 2 nitrogen and oxygen atoms in total. The number of rotatable bonds is 5. The minimum Gasteiger partial charge on any atom is -0.394 e. The predicted molar refractivity (Wildman–Crippen MR) is 60.7 cm³/mol. The van der Waals surface area contributed by atoms with E-state index in [4.69, 9.17) is 21.8 Å². The van der Waals surface area contributed by atoms with Crippen LogP contribution < -0.4 is 0 Å². The zero-order valence-corrected chi connectivity index (χ0v) is 9.26. The monoisotopic (exact) mass is 232 g/mol. The summed E-state index contributed by atoms with van der Waals surface area (Å²) >= 11 is 7.39. The van der Waals surface area contributed by atoms with Crippen LogP contribution in [0.2, 0.25) is 5.02 Å². The molecule has 0 heterocycles. The number of aliphatic hydroxyl groups excluding tert-OH is 2. The van der Waals surface area contributed by atoms with Crippen LogP contribution in [0.15, 0.2) is 24.3 Å². The van der Waals surface area contributed by atoms with Crippen molar-refractivity contribution in [3.05, 3.63) is 34.9 Å².